The first-order chi connectivity index (χ1) is 7.20. The topological polar surface area (TPSA) is 64.2 Å². The summed E-state index contributed by atoms with van der Waals surface area (Å²) in [6.45, 7) is 0. The molecule has 4 heteroatoms. The molecule has 0 radical (unpaired) electrons. The van der Waals surface area contributed by atoms with Gasteiger partial charge in [-0.3, -0.25) is 0 Å². The van der Waals surface area contributed by atoms with Gasteiger partial charge in [-0.05, 0) is 11.5 Å². The summed E-state index contributed by atoms with van der Waals surface area (Å²) in [4.78, 5) is 0. The fourth-order valence-corrected chi connectivity index (χ4v) is 1.39. The molecule has 2 rings (SSSR count). The highest BCUT2D eigenvalue weighted by Gasteiger charge is 2.01. The summed E-state index contributed by atoms with van der Waals surface area (Å²) in [7, 11) is 0. The summed E-state index contributed by atoms with van der Waals surface area (Å²) in [6, 6.07) is 11.2. The average molecular weight is 222 g/mol. The van der Waals surface area contributed by atoms with Crippen molar-refractivity contribution in [2.75, 3.05) is 0 Å². The maximum atomic E-state index is 9.53. The number of halogens is 1. The van der Waals surface area contributed by atoms with Gasteiger partial charge in [0.05, 0.1) is 5.02 Å². The van der Waals surface area contributed by atoms with Crippen molar-refractivity contribution >= 4 is 22.4 Å². The molecule has 76 valence electrons. The molecule has 0 aliphatic rings. The Hall–Kier alpha value is -1.92. The van der Waals surface area contributed by atoms with Crippen LogP contribution in [-0.4, -0.2) is 10.2 Å². The van der Waals surface area contributed by atoms with Crippen LogP contribution >= 0.6 is 11.6 Å². The van der Waals surface area contributed by atoms with Crippen molar-refractivity contribution in [3.8, 4) is 12.0 Å². The molecule has 0 saturated heterocycles. The summed E-state index contributed by atoms with van der Waals surface area (Å²) in [5.74, 6) is 0.162. The van der Waals surface area contributed by atoms with Crippen LogP contribution < -0.4 is 0 Å². The number of aliphatic hydroxyl groups is 1. The largest absolute Gasteiger partial charge is 0.506 e. The van der Waals surface area contributed by atoms with Gasteiger partial charge in [0.1, 0.15) is 5.75 Å². The van der Waals surface area contributed by atoms with E-state index in [2.05, 4.69) is 0 Å². The van der Waals surface area contributed by atoms with Crippen molar-refractivity contribution in [2.24, 2.45) is 0 Å². The number of nitriles is 1. The lowest BCUT2D eigenvalue weighted by Crippen LogP contribution is -1.73. The molecule has 0 aliphatic carbocycles. The Kier molecular flexibility index (Phi) is 3.78. The standard InChI is InChI=1S/C10H7ClO.CHNO/c11-9-6-5-7-3-1-2-4-8(7)10(9)12;2-1-3/h1-6,12H;3H. The maximum absolute atomic E-state index is 9.53. The van der Waals surface area contributed by atoms with Gasteiger partial charge in [-0.25, -0.2) is 0 Å². The molecule has 0 saturated carbocycles. The number of aromatic hydroxyl groups is 1. The highest BCUT2D eigenvalue weighted by molar-refractivity contribution is 6.33. The van der Waals surface area contributed by atoms with Crippen LogP contribution in [0.25, 0.3) is 10.8 Å². The molecule has 0 atom stereocenters. The van der Waals surface area contributed by atoms with E-state index in [0.29, 0.717) is 5.02 Å². The van der Waals surface area contributed by atoms with Gasteiger partial charge in [-0.2, -0.15) is 5.26 Å². The van der Waals surface area contributed by atoms with Gasteiger partial charge < -0.3 is 10.2 Å². The zero-order chi connectivity index (χ0) is 11.3. The first-order valence-electron chi connectivity index (χ1n) is 4.10. The van der Waals surface area contributed by atoms with Crippen molar-refractivity contribution in [3.05, 3.63) is 41.4 Å². The number of fused-ring (bicyclic) bond motifs is 1. The number of rotatable bonds is 0. The minimum Gasteiger partial charge on any atom is -0.506 e. The Morgan fingerprint density at radius 2 is 1.73 bits per heavy atom. The van der Waals surface area contributed by atoms with Crippen molar-refractivity contribution in [3.63, 3.8) is 0 Å². The third-order valence-electron chi connectivity index (χ3n) is 1.85. The Balaban J connectivity index is 0.000000337. The lowest BCUT2D eigenvalue weighted by atomic mass is 10.1. The van der Waals surface area contributed by atoms with Crippen LogP contribution in [0.4, 0.5) is 0 Å². The van der Waals surface area contributed by atoms with E-state index >= 15 is 0 Å². The minimum atomic E-state index is 0.162. The van der Waals surface area contributed by atoms with Crippen LogP contribution in [0.5, 0.6) is 5.75 Å². The molecule has 0 amide bonds. The summed E-state index contributed by atoms with van der Waals surface area (Å²) in [5.41, 5.74) is 0. The maximum Gasteiger partial charge on any atom is 0.283 e. The minimum absolute atomic E-state index is 0.162. The SMILES string of the molecule is N#CO.Oc1c(Cl)ccc2ccccc12. The van der Waals surface area contributed by atoms with Gasteiger partial charge in [0.25, 0.3) is 6.26 Å². The second kappa shape index (κ2) is 5.08. The molecule has 0 heterocycles. The molecule has 2 aromatic rings. The summed E-state index contributed by atoms with van der Waals surface area (Å²) >= 11 is 5.74. The Labute approximate surface area is 91.8 Å². The van der Waals surface area contributed by atoms with Crippen LogP contribution in [0.1, 0.15) is 0 Å². The van der Waals surface area contributed by atoms with Gasteiger partial charge >= 0.3 is 0 Å². The smallest absolute Gasteiger partial charge is 0.283 e. The van der Waals surface area contributed by atoms with Gasteiger partial charge in [0.15, 0.2) is 0 Å². The predicted octanol–water partition coefficient (Wildman–Crippen LogP) is 3.04. The number of hydrogen-bond acceptors (Lipinski definition) is 3. The Morgan fingerprint density at radius 1 is 1.13 bits per heavy atom. The molecule has 0 fully saturated rings. The molecule has 0 aromatic heterocycles. The van der Waals surface area contributed by atoms with E-state index in [4.69, 9.17) is 22.0 Å². The number of aliphatic hydroxyl groups excluding tert-OH is 1. The highest BCUT2D eigenvalue weighted by Crippen LogP contribution is 2.31. The summed E-state index contributed by atoms with van der Waals surface area (Å²) in [5, 5.41) is 25.5. The molecule has 0 unspecified atom stereocenters. The molecule has 0 spiro atoms. The molecular weight excluding hydrogens is 214 g/mol. The van der Waals surface area contributed by atoms with Crippen LogP contribution in [0.2, 0.25) is 5.02 Å². The third kappa shape index (κ3) is 2.52. The van der Waals surface area contributed by atoms with E-state index in [1.165, 1.54) is 0 Å². The normalized spacial score (nSPS) is 8.80. The highest BCUT2D eigenvalue weighted by atomic mass is 35.5. The average Bonchev–Trinajstić information content (AvgIpc) is 2.25. The van der Waals surface area contributed by atoms with Crippen LogP contribution in [0.3, 0.4) is 0 Å². The zero-order valence-corrected chi connectivity index (χ0v) is 8.44. The molecule has 0 bridgehead atoms. The van der Waals surface area contributed by atoms with Crippen molar-refractivity contribution in [1.82, 2.24) is 0 Å². The van der Waals surface area contributed by atoms with Crippen LogP contribution in [0, 0.1) is 11.5 Å². The number of benzene rings is 2. The molecule has 2 N–H and O–H groups in total. The fourth-order valence-electron chi connectivity index (χ4n) is 1.23. The molecule has 3 nitrogen and oxygen atoms in total. The van der Waals surface area contributed by atoms with Gasteiger partial charge in [-0.1, -0.05) is 41.9 Å². The van der Waals surface area contributed by atoms with Crippen molar-refractivity contribution in [2.45, 2.75) is 0 Å². The summed E-state index contributed by atoms with van der Waals surface area (Å²) in [6.07, 6.45) is 0.750. The zero-order valence-electron chi connectivity index (χ0n) is 7.68. The number of phenolic OH excluding ortho intramolecular Hbond substituents is 1. The molecule has 0 aliphatic heterocycles. The molecular formula is C11H8ClNO2. The monoisotopic (exact) mass is 221 g/mol. The van der Waals surface area contributed by atoms with Gasteiger partial charge in [0.2, 0.25) is 0 Å². The number of phenols is 1. The van der Waals surface area contributed by atoms with E-state index in [1.54, 1.807) is 6.07 Å². The van der Waals surface area contributed by atoms with E-state index in [9.17, 15) is 5.11 Å². The lowest BCUT2D eigenvalue weighted by molar-refractivity contribution is 0.482. The van der Waals surface area contributed by atoms with Crippen LogP contribution in [0.15, 0.2) is 36.4 Å². The van der Waals surface area contributed by atoms with E-state index < -0.39 is 0 Å². The fraction of sp³-hybridized carbons (Fsp3) is 0. The lowest BCUT2D eigenvalue weighted by Gasteiger charge is -2.01. The van der Waals surface area contributed by atoms with Gasteiger partial charge in [-0.15, -0.1) is 0 Å². The Morgan fingerprint density at radius 3 is 2.40 bits per heavy atom. The second-order valence-corrected chi connectivity index (χ2v) is 3.12. The first kappa shape index (κ1) is 11.2. The van der Waals surface area contributed by atoms with Gasteiger partial charge in [0, 0.05) is 5.39 Å². The first-order valence-corrected chi connectivity index (χ1v) is 4.48. The molecule has 2 aromatic carbocycles. The third-order valence-corrected chi connectivity index (χ3v) is 2.16. The summed E-state index contributed by atoms with van der Waals surface area (Å²) < 4.78 is 0. The van der Waals surface area contributed by atoms with E-state index in [1.807, 2.05) is 30.3 Å². The van der Waals surface area contributed by atoms with Crippen molar-refractivity contribution < 1.29 is 10.2 Å². The predicted molar refractivity (Wildman–Crippen MR) is 58.2 cm³/mol. The quantitative estimate of drug-likeness (QED) is 0.672. The molecule has 15 heavy (non-hydrogen) atoms. The van der Waals surface area contributed by atoms with E-state index in [0.717, 1.165) is 17.0 Å². The number of hydrogen-bond donors (Lipinski definition) is 2. The Bertz CT molecular complexity index is 505. The second-order valence-electron chi connectivity index (χ2n) is 2.72. The van der Waals surface area contributed by atoms with E-state index in [-0.39, 0.29) is 5.75 Å². The number of nitrogens with zero attached hydrogens (tertiary/aromatic N) is 1. The van der Waals surface area contributed by atoms with Crippen molar-refractivity contribution in [1.29, 1.82) is 5.26 Å². The van der Waals surface area contributed by atoms with Crippen LogP contribution in [-0.2, 0) is 0 Å².